The third-order valence-corrected chi connectivity index (χ3v) is 4.81. The van der Waals surface area contributed by atoms with Crippen LogP contribution < -0.4 is 10.5 Å². The molecule has 21 heavy (non-hydrogen) atoms. The third-order valence-electron chi connectivity index (χ3n) is 4.81. The molecule has 3 N–H and O–H groups in total. The van der Waals surface area contributed by atoms with Crippen LogP contribution in [0.1, 0.15) is 44.7 Å². The number of nitrogen functional groups attached to an aromatic ring is 1. The maximum atomic E-state index is 6.13. The molecule has 1 aromatic heterocycles. The van der Waals surface area contributed by atoms with Gasteiger partial charge in [0.1, 0.15) is 5.75 Å². The van der Waals surface area contributed by atoms with Crippen LogP contribution in [0.15, 0.2) is 24.3 Å². The highest BCUT2D eigenvalue weighted by molar-refractivity contribution is 5.77. The van der Waals surface area contributed by atoms with Crippen LogP contribution in [0.3, 0.4) is 0 Å². The minimum atomic E-state index is 0.292. The van der Waals surface area contributed by atoms with Gasteiger partial charge >= 0.3 is 0 Å². The first kappa shape index (κ1) is 14.0. The monoisotopic (exact) mass is 285 g/mol. The molecule has 1 aliphatic rings. The van der Waals surface area contributed by atoms with E-state index in [1.807, 2.05) is 24.3 Å². The Bertz CT molecular complexity index is 628. The molecule has 1 heterocycles. The van der Waals surface area contributed by atoms with Crippen molar-refractivity contribution in [2.45, 2.75) is 39.0 Å². The third kappa shape index (κ3) is 2.39. The SMILES string of the molecule is COc1ccc(-c2c(N)n[nH]c2C2CCCC2(C)C)cc1. The summed E-state index contributed by atoms with van der Waals surface area (Å²) in [5.41, 5.74) is 9.75. The molecular weight excluding hydrogens is 262 g/mol. The molecule has 4 nitrogen and oxygen atoms in total. The van der Waals surface area contributed by atoms with E-state index >= 15 is 0 Å². The zero-order valence-corrected chi connectivity index (χ0v) is 12.9. The van der Waals surface area contributed by atoms with Gasteiger partial charge in [-0.3, -0.25) is 5.10 Å². The Morgan fingerprint density at radius 3 is 2.57 bits per heavy atom. The summed E-state index contributed by atoms with van der Waals surface area (Å²) in [5, 5.41) is 7.46. The number of nitrogens with two attached hydrogens (primary N) is 1. The first-order chi connectivity index (χ1) is 10.0. The number of H-pyrrole nitrogens is 1. The quantitative estimate of drug-likeness (QED) is 0.897. The highest BCUT2D eigenvalue weighted by atomic mass is 16.5. The van der Waals surface area contributed by atoms with E-state index in [2.05, 4.69) is 24.0 Å². The molecule has 2 aromatic rings. The maximum Gasteiger partial charge on any atom is 0.153 e. The van der Waals surface area contributed by atoms with Gasteiger partial charge in [0.05, 0.1) is 7.11 Å². The number of hydrogen-bond acceptors (Lipinski definition) is 3. The van der Waals surface area contributed by atoms with Gasteiger partial charge in [0, 0.05) is 17.2 Å². The van der Waals surface area contributed by atoms with Crippen molar-refractivity contribution >= 4 is 5.82 Å². The minimum absolute atomic E-state index is 0.292. The number of aromatic amines is 1. The van der Waals surface area contributed by atoms with Crippen LogP contribution >= 0.6 is 0 Å². The van der Waals surface area contributed by atoms with Gasteiger partial charge in [0.25, 0.3) is 0 Å². The largest absolute Gasteiger partial charge is 0.497 e. The van der Waals surface area contributed by atoms with Crippen molar-refractivity contribution in [3.05, 3.63) is 30.0 Å². The Kier molecular flexibility index (Phi) is 3.40. The van der Waals surface area contributed by atoms with Gasteiger partial charge in [0.15, 0.2) is 5.82 Å². The van der Waals surface area contributed by atoms with Crippen LogP contribution in [0, 0.1) is 5.41 Å². The van der Waals surface area contributed by atoms with E-state index in [0.29, 0.717) is 17.2 Å². The fourth-order valence-electron chi connectivity index (χ4n) is 3.55. The molecule has 1 atom stereocenters. The molecule has 0 aliphatic heterocycles. The summed E-state index contributed by atoms with van der Waals surface area (Å²) in [6, 6.07) is 8.02. The Labute approximate surface area is 125 Å². The lowest BCUT2D eigenvalue weighted by atomic mass is 9.78. The van der Waals surface area contributed by atoms with Crippen LogP contribution in [0.2, 0.25) is 0 Å². The van der Waals surface area contributed by atoms with Crippen LogP contribution in [0.5, 0.6) is 5.75 Å². The first-order valence-corrected chi connectivity index (χ1v) is 7.51. The molecule has 1 saturated carbocycles. The molecule has 0 radical (unpaired) electrons. The van der Waals surface area contributed by atoms with E-state index in [-0.39, 0.29) is 0 Å². The molecule has 0 amide bonds. The molecule has 112 valence electrons. The minimum Gasteiger partial charge on any atom is -0.497 e. The zero-order chi connectivity index (χ0) is 15.0. The van der Waals surface area contributed by atoms with Crippen molar-refractivity contribution < 1.29 is 4.74 Å². The van der Waals surface area contributed by atoms with Crippen LogP contribution in [0.25, 0.3) is 11.1 Å². The normalized spacial score (nSPS) is 20.6. The lowest BCUT2D eigenvalue weighted by molar-refractivity contribution is 0.328. The molecule has 1 aromatic carbocycles. The molecule has 3 rings (SSSR count). The Morgan fingerprint density at radius 1 is 1.29 bits per heavy atom. The summed E-state index contributed by atoms with van der Waals surface area (Å²) < 4.78 is 5.23. The van der Waals surface area contributed by atoms with Crippen molar-refractivity contribution in [3.8, 4) is 16.9 Å². The van der Waals surface area contributed by atoms with E-state index in [0.717, 1.165) is 16.9 Å². The van der Waals surface area contributed by atoms with E-state index in [4.69, 9.17) is 10.5 Å². The van der Waals surface area contributed by atoms with Crippen molar-refractivity contribution in [1.82, 2.24) is 10.2 Å². The van der Waals surface area contributed by atoms with Crippen molar-refractivity contribution in [2.75, 3.05) is 12.8 Å². The molecule has 0 spiro atoms. The van der Waals surface area contributed by atoms with Crippen LogP contribution in [-0.4, -0.2) is 17.3 Å². The lowest BCUT2D eigenvalue weighted by Crippen LogP contribution is -2.16. The summed E-state index contributed by atoms with van der Waals surface area (Å²) in [6.07, 6.45) is 3.70. The predicted molar refractivity (Wildman–Crippen MR) is 85.4 cm³/mol. The van der Waals surface area contributed by atoms with Crippen molar-refractivity contribution in [2.24, 2.45) is 5.41 Å². The van der Waals surface area contributed by atoms with Gasteiger partial charge in [-0.2, -0.15) is 5.10 Å². The summed E-state index contributed by atoms with van der Waals surface area (Å²) in [5.74, 6) is 1.92. The molecule has 1 unspecified atom stereocenters. The van der Waals surface area contributed by atoms with Gasteiger partial charge in [0.2, 0.25) is 0 Å². The number of nitrogens with zero attached hydrogens (tertiary/aromatic N) is 1. The average Bonchev–Trinajstić information content (AvgIpc) is 3.01. The zero-order valence-electron chi connectivity index (χ0n) is 12.9. The second-order valence-electron chi connectivity index (χ2n) is 6.56. The molecule has 1 aliphatic carbocycles. The Hall–Kier alpha value is -1.97. The van der Waals surface area contributed by atoms with E-state index in [9.17, 15) is 0 Å². The number of aromatic nitrogens is 2. The molecule has 4 heteroatoms. The Morgan fingerprint density at radius 2 is 2.00 bits per heavy atom. The highest BCUT2D eigenvalue weighted by Gasteiger charge is 2.38. The maximum absolute atomic E-state index is 6.13. The summed E-state index contributed by atoms with van der Waals surface area (Å²) in [7, 11) is 1.67. The first-order valence-electron chi connectivity index (χ1n) is 7.51. The van der Waals surface area contributed by atoms with Gasteiger partial charge in [-0.1, -0.05) is 32.4 Å². The van der Waals surface area contributed by atoms with Crippen LogP contribution in [-0.2, 0) is 0 Å². The number of nitrogens with one attached hydrogen (secondary N) is 1. The van der Waals surface area contributed by atoms with Gasteiger partial charge in [-0.05, 0) is 36.0 Å². The van der Waals surface area contributed by atoms with Gasteiger partial charge in [-0.15, -0.1) is 0 Å². The van der Waals surface area contributed by atoms with Gasteiger partial charge in [-0.25, -0.2) is 0 Å². The number of anilines is 1. The molecule has 0 saturated heterocycles. The highest BCUT2D eigenvalue weighted by Crippen LogP contribution is 2.51. The standard InChI is InChI=1S/C17H23N3O/c1-17(2)10-4-5-13(17)15-14(16(18)20-19-15)11-6-8-12(21-3)9-7-11/h6-9,13H,4-5,10H2,1-3H3,(H3,18,19,20). The fourth-order valence-corrected chi connectivity index (χ4v) is 3.55. The second-order valence-corrected chi connectivity index (χ2v) is 6.56. The molecule has 1 fully saturated rings. The van der Waals surface area contributed by atoms with Crippen LogP contribution in [0.4, 0.5) is 5.82 Å². The Balaban J connectivity index is 2.04. The summed E-state index contributed by atoms with van der Waals surface area (Å²) >= 11 is 0. The molecular formula is C17H23N3O. The van der Waals surface area contributed by atoms with E-state index in [1.165, 1.54) is 25.0 Å². The van der Waals surface area contributed by atoms with E-state index in [1.54, 1.807) is 7.11 Å². The predicted octanol–water partition coefficient (Wildman–Crippen LogP) is 3.96. The number of methoxy groups -OCH3 is 1. The molecule has 0 bridgehead atoms. The van der Waals surface area contributed by atoms with Crippen molar-refractivity contribution in [1.29, 1.82) is 0 Å². The lowest BCUT2D eigenvalue weighted by Gasteiger charge is -2.27. The second kappa shape index (κ2) is 5.10. The number of rotatable bonds is 3. The van der Waals surface area contributed by atoms with E-state index < -0.39 is 0 Å². The average molecular weight is 285 g/mol. The fraction of sp³-hybridized carbons (Fsp3) is 0.471. The topological polar surface area (TPSA) is 63.9 Å². The van der Waals surface area contributed by atoms with Gasteiger partial charge < -0.3 is 10.5 Å². The summed E-state index contributed by atoms with van der Waals surface area (Å²) in [4.78, 5) is 0. The van der Waals surface area contributed by atoms with Crippen molar-refractivity contribution in [3.63, 3.8) is 0 Å². The number of benzene rings is 1. The number of hydrogen-bond donors (Lipinski definition) is 2. The smallest absolute Gasteiger partial charge is 0.153 e. The summed E-state index contributed by atoms with van der Waals surface area (Å²) in [6.45, 7) is 4.67. The number of ether oxygens (including phenoxy) is 1.